The van der Waals surface area contributed by atoms with E-state index in [1.165, 1.54) is 12.0 Å². The predicted molar refractivity (Wildman–Crippen MR) is 84.5 cm³/mol. The predicted octanol–water partition coefficient (Wildman–Crippen LogP) is 3.18. The Morgan fingerprint density at radius 3 is 2.21 bits per heavy atom. The van der Waals surface area contributed by atoms with E-state index in [-0.39, 0.29) is 0 Å². The first kappa shape index (κ1) is 16.2. The van der Waals surface area contributed by atoms with Crippen molar-refractivity contribution in [1.29, 1.82) is 0 Å². The largest absolute Gasteiger partial charge is 0.309 e. The smallest absolute Gasteiger partial charge is 0.0220 e. The molecule has 1 aromatic carbocycles. The SMILES string of the molecule is CCC(Cc1ccccc1)NC(CN(C)C)C(C)C. The maximum absolute atomic E-state index is 3.84. The fourth-order valence-corrected chi connectivity index (χ4v) is 2.37. The molecule has 0 saturated carbocycles. The molecule has 0 fully saturated rings. The fourth-order valence-electron chi connectivity index (χ4n) is 2.37. The second-order valence-corrected chi connectivity index (χ2v) is 6.07. The van der Waals surface area contributed by atoms with Crippen LogP contribution >= 0.6 is 0 Å². The zero-order valence-electron chi connectivity index (χ0n) is 13.2. The second-order valence-electron chi connectivity index (χ2n) is 6.07. The molecular weight excluding hydrogens is 232 g/mol. The van der Waals surface area contributed by atoms with Crippen molar-refractivity contribution in [2.24, 2.45) is 5.92 Å². The van der Waals surface area contributed by atoms with Crippen LogP contribution < -0.4 is 5.32 Å². The summed E-state index contributed by atoms with van der Waals surface area (Å²) in [5, 5.41) is 3.84. The van der Waals surface area contributed by atoms with Crippen molar-refractivity contribution in [2.45, 2.75) is 45.7 Å². The maximum atomic E-state index is 3.84. The van der Waals surface area contributed by atoms with Crippen molar-refractivity contribution in [3.05, 3.63) is 35.9 Å². The van der Waals surface area contributed by atoms with Gasteiger partial charge in [-0.25, -0.2) is 0 Å². The third kappa shape index (κ3) is 6.22. The molecule has 2 unspecified atom stereocenters. The van der Waals surface area contributed by atoms with E-state index in [1.807, 2.05) is 0 Å². The molecule has 0 saturated heterocycles. The highest BCUT2D eigenvalue weighted by molar-refractivity contribution is 5.15. The van der Waals surface area contributed by atoms with Crippen molar-refractivity contribution >= 4 is 0 Å². The summed E-state index contributed by atoms with van der Waals surface area (Å²) >= 11 is 0. The van der Waals surface area contributed by atoms with E-state index in [4.69, 9.17) is 0 Å². The van der Waals surface area contributed by atoms with Gasteiger partial charge in [-0.2, -0.15) is 0 Å². The lowest BCUT2D eigenvalue weighted by atomic mass is 9.98. The first-order valence-corrected chi connectivity index (χ1v) is 7.47. The molecule has 0 bridgehead atoms. The Morgan fingerprint density at radius 1 is 1.11 bits per heavy atom. The molecule has 0 heterocycles. The highest BCUT2D eigenvalue weighted by Crippen LogP contribution is 2.10. The first-order valence-electron chi connectivity index (χ1n) is 7.47. The molecule has 0 spiro atoms. The van der Waals surface area contributed by atoms with Crippen LogP contribution in [0.2, 0.25) is 0 Å². The van der Waals surface area contributed by atoms with Crippen LogP contribution in [0.5, 0.6) is 0 Å². The number of rotatable bonds is 8. The van der Waals surface area contributed by atoms with Gasteiger partial charge in [-0.05, 0) is 38.4 Å². The summed E-state index contributed by atoms with van der Waals surface area (Å²) in [4.78, 5) is 2.27. The third-order valence-corrected chi connectivity index (χ3v) is 3.63. The van der Waals surface area contributed by atoms with E-state index < -0.39 is 0 Å². The summed E-state index contributed by atoms with van der Waals surface area (Å²) in [5.74, 6) is 0.659. The zero-order chi connectivity index (χ0) is 14.3. The van der Waals surface area contributed by atoms with Crippen LogP contribution in [0.4, 0.5) is 0 Å². The van der Waals surface area contributed by atoms with Crippen LogP contribution in [0.15, 0.2) is 30.3 Å². The van der Waals surface area contributed by atoms with E-state index in [0.29, 0.717) is 18.0 Å². The maximum Gasteiger partial charge on any atom is 0.0220 e. The minimum Gasteiger partial charge on any atom is -0.309 e. The van der Waals surface area contributed by atoms with Gasteiger partial charge in [0.15, 0.2) is 0 Å². The molecule has 0 radical (unpaired) electrons. The van der Waals surface area contributed by atoms with Crippen molar-refractivity contribution in [3.8, 4) is 0 Å². The molecule has 2 heteroatoms. The van der Waals surface area contributed by atoms with E-state index in [0.717, 1.165) is 13.0 Å². The van der Waals surface area contributed by atoms with Crippen molar-refractivity contribution in [2.75, 3.05) is 20.6 Å². The van der Waals surface area contributed by atoms with Gasteiger partial charge in [0.05, 0.1) is 0 Å². The molecule has 1 rings (SSSR count). The van der Waals surface area contributed by atoms with Crippen LogP contribution in [-0.2, 0) is 6.42 Å². The third-order valence-electron chi connectivity index (χ3n) is 3.63. The Balaban J connectivity index is 2.58. The number of hydrogen-bond acceptors (Lipinski definition) is 2. The van der Waals surface area contributed by atoms with Gasteiger partial charge in [0.25, 0.3) is 0 Å². The van der Waals surface area contributed by atoms with Crippen LogP contribution in [0.1, 0.15) is 32.8 Å². The number of benzene rings is 1. The summed E-state index contributed by atoms with van der Waals surface area (Å²) in [6, 6.07) is 11.9. The van der Waals surface area contributed by atoms with Crippen LogP contribution in [0.25, 0.3) is 0 Å². The molecule has 1 aromatic rings. The van der Waals surface area contributed by atoms with Crippen LogP contribution in [0, 0.1) is 5.92 Å². The molecule has 0 aliphatic rings. The van der Waals surface area contributed by atoms with Gasteiger partial charge in [0.1, 0.15) is 0 Å². The lowest BCUT2D eigenvalue weighted by molar-refractivity contribution is 0.265. The Hall–Kier alpha value is -0.860. The topological polar surface area (TPSA) is 15.3 Å². The van der Waals surface area contributed by atoms with E-state index in [1.54, 1.807) is 0 Å². The molecule has 2 atom stereocenters. The van der Waals surface area contributed by atoms with Gasteiger partial charge >= 0.3 is 0 Å². The molecule has 0 aromatic heterocycles. The lowest BCUT2D eigenvalue weighted by Crippen LogP contribution is -2.47. The van der Waals surface area contributed by atoms with Gasteiger partial charge in [-0.3, -0.25) is 0 Å². The molecule has 0 amide bonds. The highest BCUT2D eigenvalue weighted by Gasteiger charge is 2.18. The molecule has 2 nitrogen and oxygen atoms in total. The quantitative estimate of drug-likeness (QED) is 0.774. The molecular formula is C17H30N2. The summed E-state index contributed by atoms with van der Waals surface area (Å²) in [7, 11) is 4.30. The van der Waals surface area contributed by atoms with E-state index in [2.05, 4.69) is 75.4 Å². The molecule has 108 valence electrons. The Kier molecular flexibility index (Phi) is 7.11. The van der Waals surface area contributed by atoms with Crippen molar-refractivity contribution < 1.29 is 0 Å². The summed E-state index contributed by atoms with van der Waals surface area (Å²) < 4.78 is 0. The average molecular weight is 262 g/mol. The lowest BCUT2D eigenvalue weighted by Gasteiger charge is -2.30. The summed E-state index contributed by atoms with van der Waals surface area (Å²) in [6.07, 6.45) is 2.29. The molecule has 0 aliphatic heterocycles. The normalized spacial score (nSPS) is 14.9. The Morgan fingerprint density at radius 2 is 1.74 bits per heavy atom. The van der Waals surface area contributed by atoms with Gasteiger partial charge in [-0.1, -0.05) is 51.1 Å². The van der Waals surface area contributed by atoms with E-state index in [9.17, 15) is 0 Å². The van der Waals surface area contributed by atoms with Crippen molar-refractivity contribution in [3.63, 3.8) is 0 Å². The molecule has 19 heavy (non-hydrogen) atoms. The van der Waals surface area contributed by atoms with Crippen molar-refractivity contribution in [1.82, 2.24) is 10.2 Å². The van der Waals surface area contributed by atoms with Gasteiger partial charge in [-0.15, -0.1) is 0 Å². The fraction of sp³-hybridized carbons (Fsp3) is 0.647. The number of likely N-dealkylation sites (N-methyl/N-ethyl adjacent to an activating group) is 1. The monoisotopic (exact) mass is 262 g/mol. The zero-order valence-corrected chi connectivity index (χ0v) is 13.2. The second kappa shape index (κ2) is 8.34. The molecule has 1 N–H and O–H groups in total. The van der Waals surface area contributed by atoms with Gasteiger partial charge in [0, 0.05) is 18.6 Å². The minimum absolute atomic E-state index is 0.559. The standard InChI is InChI=1S/C17H30N2/c1-6-16(12-15-10-8-7-9-11-15)18-17(14(2)3)13-19(4)5/h7-11,14,16-18H,6,12-13H2,1-5H3. The van der Waals surface area contributed by atoms with Gasteiger partial charge < -0.3 is 10.2 Å². The number of nitrogens with one attached hydrogen (secondary N) is 1. The highest BCUT2D eigenvalue weighted by atomic mass is 15.1. The number of hydrogen-bond donors (Lipinski definition) is 1. The first-order chi connectivity index (χ1) is 9.02. The summed E-state index contributed by atoms with van der Waals surface area (Å²) in [5.41, 5.74) is 1.43. The van der Waals surface area contributed by atoms with Crippen LogP contribution in [-0.4, -0.2) is 37.6 Å². The Labute approximate surface area is 119 Å². The van der Waals surface area contributed by atoms with E-state index >= 15 is 0 Å². The average Bonchev–Trinajstić information content (AvgIpc) is 2.37. The number of nitrogens with zero attached hydrogens (tertiary/aromatic N) is 1. The summed E-state index contributed by atoms with van der Waals surface area (Å²) in [6.45, 7) is 7.98. The van der Waals surface area contributed by atoms with Gasteiger partial charge in [0.2, 0.25) is 0 Å². The van der Waals surface area contributed by atoms with Crippen LogP contribution in [0.3, 0.4) is 0 Å². The molecule has 0 aliphatic carbocycles. The minimum atomic E-state index is 0.559. The Bertz CT molecular complexity index is 332.